The van der Waals surface area contributed by atoms with Crippen molar-refractivity contribution in [1.82, 2.24) is 0 Å². The largest absolute Gasteiger partial charge is 0.496 e. The van der Waals surface area contributed by atoms with Crippen molar-refractivity contribution in [3.05, 3.63) is 51.7 Å². The third kappa shape index (κ3) is 2.85. The summed E-state index contributed by atoms with van der Waals surface area (Å²) in [7, 11) is 3.26. The van der Waals surface area contributed by atoms with Gasteiger partial charge < -0.3 is 10.5 Å². The molecule has 0 radical (unpaired) electrons. The molecule has 5 heteroatoms. The number of allylic oxidation sites excluding steroid dienone is 4. The summed E-state index contributed by atoms with van der Waals surface area (Å²) in [5, 5.41) is 0.375. The Morgan fingerprint density at radius 3 is 2.71 bits per heavy atom. The lowest BCUT2D eigenvalue weighted by atomic mass is 9.91. The van der Waals surface area contributed by atoms with E-state index in [-0.39, 0.29) is 0 Å². The molecular weight excluding hydrogens is 288 g/mol. The van der Waals surface area contributed by atoms with Crippen LogP contribution in [0.1, 0.15) is 18.4 Å². The molecule has 21 heavy (non-hydrogen) atoms. The normalized spacial score (nSPS) is 16.2. The van der Waals surface area contributed by atoms with Crippen LogP contribution in [-0.2, 0) is 4.79 Å². The van der Waals surface area contributed by atoms with E-state index in [0.717, 1.165) is 11.8 Å². The number of carbonyl (C=O) groups is 1. The Kier molecular flexibility index (Phi) is 4.81. The van der Waals surface area contributed by atoms with Crippen molar-refractivity contribution in [3.8, 4) is 5.75 Å². The molecule has 1 aromatic rings. The van der Waals surface area contributed by atoms with Crippen LogP contribution in [0.25, 0.3) is 0 Å². The van der Waals surface area contributed by atoms with Crippen molar-refractivity contribution >= 4 is 23.6 Å². The van der Waals surface area contributed by atoms with Crippen LogP contribution in [0.4, 0.5) is 0 Å². The van der Waals surface area contributed by atoms with Gasteiger partial charge in [0, 0.05) is 29.5 Å². The molecular formula is C16H17ClN2O2. The molecule has 0 aliphatic heterocycles. The van der Waals surface area contributed by atoms with Gasteiger partial charge in [0.2, 0.25) is 0 Å². The number of carbonyl (C=O) groups excluding carboxylic acids is 1. The van der Waals surface area contributed by atoms with Crippen molar-refractivity contribution in [2.75, 3.05) is 14.2 Å². The average Bonchev–Trinajstić information content (AvgIpc) is 2.51. The van der Waals surface area contributed by atoms with Gasteiger partial charge in [-0.1, -0.05) is 23.7 Å². The maximum absolute atomic E-state index is 11.1. The molecule has 0 atom stereocenters. The summed E-state index contributed by atoms with van der Waals surface area (Å²) in [4.78, 5) is 15.4. The fourth-order valence-corrected chi connectivity index (χ4v) is 2.73. The molecule has 0 unspecified atom stereocenters. The standard InChI is InChI=1S/C16H17ClN2O2/c1-19-16(11-5-3-4-6-13(11)21-2)14-12(18)8-7-10(9-20)15(14)17/h3-6,9H,7-8,18H2,1-2H3. The van der Waals surface area contributed by atoms with E-state index in [1.807, 2.05) is 24.3 Å². The molecule has 0 fully saturated rings. The number of nitrogens with zero attached hydrogens (tertiary/aromatic N) is 1. The van der Waals surface area contributed by atoms with Crippen LogP contribution in [-0.4, -0.2) is 26.2 Å². The number of methoxy groups -OCH3 is 1. The fraction of sp³-hybridized carbons (Fsp3) is 0.250. The third-order valence-electron chi connectivity index (χ3n) is 3.45. The number of ether oxygens (including phenoxy) is 1. The monoisotopic (exact) mass is 304 g/mol. The highest BCUT2D eigenvalue weighted by atomic mass is 35.5. The minimum atomic E-state index is 0.375. The molecule has 1 aliphatic carbocycles. The van der Waals surface area contributed by atoms with Crippen molar-refractivity contribution in [2.45, 2.75) is 12.8 Å². The first-order valence-electron chi connectivity index (χ1n) is 6.57. The number of hydrogen-bond donors (Lipinski definition) is 1. The van der Waals surface area contributed by atoms with E-state index >= 15 is 0 Å². The lowest BCUT2D eigenvalue weighted by Crippen LogP contribution is -2.18. The van der Waals surface area contributed by atoms with Crippen molar-refractivity contribution in [1.29, 1.82) is 0 Å². The molecule has 0 bridgehead atoms. The van der Waals surface area contributed by atoms with Crippen molar-refractivity contribution < 1.29 is 9.53 Å². The quantitative estimate of drug-likeness (QED) is 0.687. The van der Waals surface area contributed by atoms with E-state index in [0.29, 0.717) is 46.2 Å². The topological polar surface area (TPSA) is 64.7 Å². The van der Waals surface area contributed by atoms with Gasteiger partial charge in [-0.2, -0.15) is 0 Å². The summed E-state index contributed by atoms with van der Waals surface area (Å²) in [6.07, 6.45) is 1.93. The van der Waals surface area contributed by atoms with Crippen LogP contribution in [0.15, 0.2) is 51.1 Å². The second kappa shape index (κ2) is 6.59. The van der Waals surface area contributed by atoms with E-state index in [9.17, 15) is 4.79 Å². The Morgan fingerprint density at radius 2 is 2.10 bits per heavy atom. The second-order valence-electron chi connectivity index (χ2n) is 4.63. The van der Waals surface area contributed by atoms with Crippen LogP contribution in [0, 0.1) is 0 Å². The summed E-state index contributed by atoms with van der Waals surface area (Å²) in [6, 6.07) is 7.50. The molecule has 2 N–H and O–H groups in total. The van der Waals surface area contributed by atoms with Gasteiger partial charge in [0.15, 0.2) is 0 Å². The number of hydrogen-bond acceptors (Lipinski definition) is 4. The average molecular weight is 305 g/mol. The Labute approximate surface area is 129 Å². The Bertz CT molecular complexity index is 660. The highest BCUT2D eigenvalue weighted by Crippen LogP contribution is 2.34. The van der Waals surface area contributed by atoms with E-state index in [4.69, 9.17) is 22.1 Å². The summed E-state index contributed by atoms with van der Waals surface area (Å²) in [5.74, 6) is 0.682. The van der Waals surface area contributed by atoms with Gasteiger partial charge in [0.1, 0.15) is 12.0 Å². The number of benzene rings is 1. The van der Waals surface area contributed by atoms with E-state index in [1.54, 1.807) is 14.2 Å². The Hall–Kier alpha value is -2.07. The zero-order valence-electron chi connectivity index (χ0n) is 12.0. The van der Waals surface area contributed by atoms with Gasteiger partial charge in [-0.3, -0.25) is 9.79 Å². The smallest absolute Gasteiger partial charge is 0.147 e. The van der Waals surface area contributed by atoms with Crippen molar-refractivity contribution in [3.63, 3.8) is 0 Å². The molecule has 2 rings (SSSR count). The number of halogens is 1. The molecule has 0 saturated heterocycles. The Morgan fingerprint density at radius 1 is 1.38 bits per heavy atom. The molecule has 0 spiro atoms. The molecule has 4 nitrogen and oxygen atoms in total. The Balaban J connectivity index is 2.62. The maximum Gasteiger partial charge on any atom is 0.147 e. The van der Waals surface area contributed by atoms with E-state index < -0.39 is 0 Å². The molecule has 110 valence electrons. The van der Waals surface area contributed by atoms with Gasteiger partial charge in [-0.05, 0) is 25.0 Å². The molecule has 0 amide bonds. The lowest BCUT2D eigenvalue weighted by Gasteiger charge is -2.21. The van der Waals surface area contributed by atoms with Gasteiger partial charge in [0.05, 0.1) is 17.9 Å². The first-order chi connectivity index (χ1) is 10.1. The molecule has 0 aromatic heterocycles. The number of rotatable bonds is 4. The molecule has 0 heterocycles. The van der Waals surface area contributed by atoms with Crippen LogP contribution in [0.5, 0.6) is 5.75 Å². The minimum Gasteiger partial charge on any atom is -0.496 e. The van der Waals surface area contributed by atoms with Crippen molar-refractivity contribution in [2.24, 2.45) is 10.7 Å². The fourth-order valence-electron chi connectivity index (χ4n) is 2.38. The third-order valence-corrected chi connectivity index (χ3v) is 3.88. The van der Waals surface area contributed by atoms with Gasteiger partial charge in [-0.25, -0.2) is 0 Å². The summed E-state index contributed by atoms with van der Waals surface area (Å²) in [5.41, 5.74) is 9.36. The summed E-state index contributed by atoms with van der Waals surface area (Å²) in [6.45, 7) is 0. The van der Waals surface area contributed by atoms with Crippen LogP contribution in [0.2, 0.25) is 0 Å². The SMILES string of the molecule is CN=C(C1=C(N)CCC(C=O)=C1Cl)c1ccccc1OC. The van der Waals surface area contributed by atoms with Gasteiger partial charge in [-0.15, -0.1) is 0 Å². The van der Waals surface area contributed by atoms with Crippen LogP contribution >= 0.6 is 11.6 Å². The van der Waals surface area contributed by atoms with E-state index in [1.165, 1.54) is 0 Å². The number of nitrogens with two attached hydrogens (primary N) is 1. The van der Waals surface area contributed by atoms with Crippen LogP contribution < -0.4 is 10.5 Å². The molecule has 1 aliphatic rings. The zero-order valence-corrected chi connectivity index (χ0v) is 12.8. The zero-order chi connectivity index (χ0) is 15.4. The summed E-state index contributed by atoms with van der Waals surface area (Å²) < 4.78 is 5.37. The first kappa shape index (κ1) is 15.3. The number of para-hydroxylation sites is 1. The molecule has 0 saturated carbocycles. The van der Waals surface area contributed by atoms with E-state index in [2.05, 4.69) is 4.99 Å². The van der Waals surface area contributed by atoms with Gasteiger partial charge >= 0.3 is 0 Å². The number of aliphatic imine (C=N–C) groups is 1. The molecule has 1 aromatic carbocycles. The van der Waals surface area contributed by atoms with Gasteiger partial charge in [0.25, 0.3) is 0 Å². The lowest BCUT2D eigenvalue weighted by molar-refractivity contribution is -0.105. The maximum atomic E-state index is 11.1. The second-order valence-corrected chi connectivity index (χ2v) is 5.01. The summed E-state index contributed by atoms with van der Waals surface area (Å²) >= 11 is 6.35. The number of aldehydes is 1. The minimum absolute atomic E-state index is 0.375. The van der Waals surface area contributed by atoms with Crippen LogP contribution in [0.3, 0.4) is 0 Å². The predicted octanol–water partition coefficient (Wildman–Crippen LogP) is 2.81. The predicted molar refractivity (Wildman–Crippen MR) is 84.8 cm³/mol. The highest BCUT2D eigenvalue weighted by molar-refractivity contribution is 6.39. The first-order valence-corrected chi connectivity index (χ1v) is 6.95. The highest BCUT2D eigenvalue weighted by Gasteiger charge is 2.25.